The zero-order valence-corrected chi connectivity index (χ0v) is 13.4. The van der Waals surface area contributed by atoms with Gasteiger partial charge in [0.15, 0.2) is 0 Å². The molecule has 2 rings (SSSR count). The van der Waals surface area contributed by atoms with Crippen molar-refractivity contribution in [1.82, 2.24) is 0 Å². The molecule has 1 aliphatic rings. The molecule has 0 aromatic heterocycles. The smallest absolute Gasteiger partial charge is 0.310 e. The van der Waals surface area contributed by atoms with Gasteiger partial charge >= 0.3 is 5.97 Å². The van der Waals surface area contributed by atoms with Crippen molar-refractivity contribution in [3.8, 4) is 0 Å². The second kappa shape index (κ2) is 6.56. The van der Waals surface area contributed by atoms with Crippen LogP contribution in [0.4, 0.5) is 5.69 Å². The van der Waals surface area contributed by atoms with Crippen LogP contribution in [-0.2, 0) is 9.59 Å². The van der Waals surface area contributed by atoms with Crippen LogP contribution >= 0.6 is 22.6 Å². The Morgan fingerprint density at radius 3 is 2.30 bits per heavy atom. The number of carbonyl (C=O) groups excluding carboxylic acids is 1. The molecule has 1 fully saturated rings. The summed E-state index contributed by atoms with van der Waals surface area (Å²) in [6, 6.07) is 7.47. The summed E-state index contributed by atoms with van der Waals surface area (Å²) in [6.07, 6.45) is 4.11. The highest BCUT2D eigenvalue weighted by Crippen LogP contribution is 2.39. The van der Waals surface area contributed by atoms with Gasteiger partial charge in [-0.15, -0.1) is 0 Å². The Bertz CT molecular complexity index is 492. The van der Waals surface area contributed by atoms with E-state index >= 15 is 0 Å². The first kappa shape index (κ1) is 15.3. The number of carboxylic acid groups (broad SMARTS) is 1. The second-order valence-electron chi connectivity index (χ2n) is 5.38. The zero-order valence-electron chi connectivity index (χ0n) is 11.2. The first-order valence-corrected chi connectivity index (χ1v) is 7.89. The number of hydrogen-bond donors (Lipinski definition) is 2. The molecule has 0 heterocycles. The molecule has 0 radical (unpaired) electrons. The van der Waals surface area contributed by atoms with Crippen molar-refractivity contribution in [3.05, 3.63) is 27.8 Å². The molecule has 108 valence electrons. The van der Waals surface area contributed by atoms with Gasteiger partial charge in [-0.1, -0.05) is 19.3 Å². The van der Waals surface area contributed by atoms with Crippen LogP contribution in [-0.4, -0.2) is 17.0 Å². The fourth-order valence-electron chi connectivity index (χ4n) is 2.74. The third kappa shape index (κ3) is 3.71. The van der Waals surface area contributed by atoms with Gasteiger partial charge in [-0.25, -0.2) is 0 Å². The molecule has 1 aromatic rings. The lowest BCUT2D eigenvalue weighted by Crippen LogP contribution is -2.37. The van der Waals surface area contributed by atoms with Gasteiger partial charge in [0.2, 0.25) is 5.91 Å². The van der Waals surface area contributed by atoms with Crippen LogP contribution in [0.1, 0.15) is 38.5 Å². The van der Waals surface area contributed by atoms with Gasteiger partial charge in [-0.3, -0.25) is 9.59 Å². The molecule has 2 N–H and O–H groups in total. The fourth-order valence-corrected chi connectivity index (χ4v) is 3.10. The van der Waals surface area contributed by atoms with Crippen LogP contribution < -0.4 is 5.32 Å². The van der Waals surface area contributed by atoms with Crippen molar-refractivity contribution in [2.24, 2.45) is 5.41 Å². The number of rotatable bonds is 4. The number of benzene rings is 1. The van der Waals surface area contributed by atoms with E-state index in [9.17, 15) is 14.7 Å². The van der Waals surface area contributed by atoms with E-state index in [1.807, 2.05) is 24.3 Å². The number of nitrogens with one attached hydrogen (secondary N) is 1. The Hall–Kier alpha value is -1.11. The summed E-state index contributed by atoms with van der Waals surface area (Å²) in [5.74, 6) is -1.05. The summed E-state index contributed by atoms with van der Waals surface area (Å²) in [7, 11) is 0. The molecule has 5 heteroatoms. The van der Waals surface area contributed by atoms with Crippen molar-refractivity contribution in [2.45, 2.75) is 38.5 Å². The maximum Gasteiger partial charge on any atom is 0.310 e. The van der Waals surface area contributed by atoms with Crippen molar-refractivity contribution < 1.29 is 14.7 Å². The predicted molar refractivity (Wildman–Crippen MR) is 85.6 cm³/mol. The molecule has 1 saturated carbocycles. The Morgan fingerprint density at radius 2 is 1.75 bits per heavy atom. The number of carbonyl (C=O) groups is 2. The van der Waals surface area contributed by atoms with E-state index in [1.165, 1.54) is 0 Å². The minimum Gasteiger partial charge on any atom is -0.481 e. The van der Waals surface area contributed by atoms with Gasteiger partial charge in [0.1, 0.15) is 0 Å². The molecule has 0 saturated heterocycles. The van der Waals surface area contributed by atoms with Crippen molar-refractivity contribution in [3.63, 3.8) is 0 Å². The Balaban J connectivity index is 2.01. The predicted octanol–water partition coefficient (Wildman–Crippen LogP) is 3.65. The highest BCUT2D eigenvalue weighted by molar-refractivity contribution is 14.1. The molecular formula is C15H18INO3. The first-order valence-electron chi connectivity index (χ1n) is 6.81. The monoisotopic (exact) mass is 387 g/mol. The summed E-state index contributed by atoms with van der Waals surface area (Å²) in [5.41, 5.74) is -0.155. The van der Waals surface area contributed by atoms with Crippen molar-refractivity contribution >= 4 is 40.2 Å². The molecular weight excluding hydrogens is 369 g/mol. The topological polar surface area (TPSA) is 66.4 Å². The van der Waals surface area contributed by atoms with Crippen LogP contribution in [0.3, 0.4) is 0 Å². The minimum absolute atomic E-state index is 0.0638. The number of hydrogen-bond acceptors (Lipinski definition) is 2. The average Bonchev–Trinajstić information content (AvgIpc) is 2.42. The number of amides is 1. The minimum atomic E-state index is -0.870. The molecule has 0 atom stereocenters. The van der Waals surface area contributed by atoms with E-state index < -0.39 is 11.4 Å². The van der Waals surface area contributed by atoms with Gasteiger partial charge in [-0.05, 0) is 59.7 Å². The highest BCUT2D eigenvalue weighted by atomic mass is 127. The highest BCUT2D eigenvalue weighted by Gasteiger charge is 2.41. The average molecular weight is 387 g/mol. The molecule has 1 aromatic carbocycles. The molecule has 4 nitrogen and oxygen atoms in total. The summed E-state index contributed by atoms with van der Waals surface area (Å²) < 4.78 is 1.09. The van der Waals surface area contributed by atoms with Crippen LogP contribution in [0.25, 0.3) is 0 Å². The summed E-state index contributed by atoms with van der Waals surface area (Å²) in [4.78, 5) is 23.6. The van der Waals surface area contributed by atoms with E-state index in [0.717, 1.165) is 22.8 Å². The molecule has 0 unspecified atom stereocenters. The maximum absolute atomic E-state index is 12.1. The normalized spacial score (nSPS) is 17.4. The third-order valence-corrected chi connectivity index (χ3v) is 4.61. The van der Waals surface area contributed by atoms with Gasteiger partial charge in [0.25, 0.3) is 0 Å². The Kier molecular flexibility index (Phi) is 5.01. The summed E-state index contributed by atoms with van der Waals surface area (Å²) in [6.45, 7) is 0. The molecule has 0 bridgehead atoms. The Morgan fingerprint density at radius 1 is 1.15 bits per heavy atom. The molecule has 0 aliphatic heterocycles. The summed E-state index contributed by atoms with van der Waals surface area (Å²) >= 11 is 2.20. The largest absolute Gasteiger partial charge is 0.481 e. The van der Waals surface area contributed by atoms with Crippen molar-refractivity contribution in [2.75, 3.05) is 5.32 Å². The van der Waals surface area contributed by atoms with Crippen molar-refractivity contribution in [1.29, 1.82) is 0 Å². The van der Waals surface area contributed by atoms with Crippen LogP contribution in [0.2, 0.25) is 0 Å². The van der Waals surface area contributed by atoms with E-state index in [2.05, 4.69) is 27.9 Å². The SMILES string of the molecule is O=C(CC1(C(=O)O)CCCCC1)Nc1ccc(I)cc1. The van der Waals surface area contributed by atoms with Gasteiger partial charge in [0, 0.05) is 15.7 Å². The molecule has 20 heavy (non-hydrogen) atoms. The quantitative estimate of drug-likeness (QED) is 0.776. The number of halogens is 1. The van der Waals surface area contributed by atoms with E-state index in [0.29, 0.717) is 18.5 Å². The van der Waals surface area contributed by atoms with E-state index in [4.69, 9.17) is 0 Å². The van der Waals surface area contributed by atoms with Crippen LogP contribution in [0, 0.1) is 8.99 Å². The molecule has 0 spiro atoms. The first-order chi connectivity index (χ1) is 9.52. The lowest BCUT2D eigenvalue weighted by molar-refractivity contribution is -0.153. The fraction of sp³-hybridized carbons (Fsp3) is 0.467. The lowest BCUT2D eigenvalue weighted by atomic mass is 9.71. The zero-order chi connectivity index (χ0) is 14.6. The van der Waals surface area contributed by atoms with E-state index in [-0.39, 0.29) is 12.3 Å². The van der Waals surface area contributed by atoms with Gasteiger partial charge in [-0.2, -0.15) is 0 Å². The molecule has 1 amide bonds. The summed E-state index contributed by atoms with van der Waals surface area (Å²) in [5, 5.41) is 12.2. The van der Waals surface area contributed by atoms with Crippen LogP contribution in [0.15, 0.2) is 24.3 Å². The Labute approximate surface area is 132 Å². The maximum atomic E-state index is 12.1. The van der Waals surface area contributed by atoms with Gasteiger partial charge in [0.05, 0.1) is 5.41 Å². The number of carboxylic acids is 1. The number of anilines is 1. The number of aliphatic carboxylic acids is 1. The third-order valence-electron chi connectivity index (χ3n) is 3.89. The standard InChI is InChI=1S/C15H18INO3/c16-11-4-6-12(7-5-11)17-13(18)10-15(14(19)20)8-2-1-3-9-15/h4-7H,1-3,8-10H2,(H,17,18)(H,19,20). The van der Waals surface area contributed by atoms with Crippen LogP contribution in [0.5, 0.6) is 0 Å². The lowest BCUT2D eigenvalue weighted by Gasteiger charge is -2.32. The van der Waals surface area contributed by atoms with E-state index in [1.54, 1.807) is 0 Å². The second-order valence-corrected chi connectivity index (χ2v) is 6.62. The van der Waals surface area contributed by atoms with Gasteiger partial charge < -0.3 is 10.4 Å². The molecule has 1 aliphatic carbocycles.